The molecular weight excluding hydrogens is 412 g/mol. The van der Waals surface area contributed by atoms with Gasteiger partial charge in [-0.3, -0.25) is 9.59 Å². The van der Waals surface area contributed by atoms with Crippen LogP contribution in [0.3, 0.4) is 0 Å². The average Bonchev–Trinajstić information content (AvgIpc) is 2.83. The highest BCUT2D eigenvalue weighted by molar-refractivity contribution is 5.88. The van der Waals surface area contributed by atoms with E-state index in [2.05, 4.69) is 5.32 Å². The van der Waals surface area contributed by atoms with E-state index >= 15 is 0 Å². The number of amides is 2. The van der Waals surface area contributed by atoms with E-state index in [4.69, 9.17) is 4.74 Å². The lowest BCUT2D eigenvalue weighted by atomic mass is 10.0. The Balaban J connectivity index is 1.86. The lowest BCUT2D eigenvalue weighted by Crippen LogP contribution is -2.51. The first-order chi connectivity index (χ1) is 15.9. The number of benzene rings is 3. The SMILES string of the molecule is CNC(=O)[C@@H](Cc1ccccc1)N(Cc1ccc(C)cc1)C(=O)COc1ccc(C)c(C)c1. The third kappa shape index (κ3) is 6.69. The molecule has 0 aromatic heterocycles. The van der Waals surface area contributed by atoms with Crippen LogP contribution in [-0.4, -0.2) is 36.4 Å². The second-order valence-corrected chi connectivity index (χ2v) is 8.36. The molecule has 5 nitrogen and oxygen atoms in total. The van der Waals surface area contributed by atoms with Crippen molar-refractivity contribution < 1.29 is 14.3 Å². The summed E-state index contributed by atoms with van der Waals surface area (Å²) in [5.41, 5.74) is 5.35. The van der Waals surface area contributed by atoms with E-state index in [0.29, 0.717) is 18.7 Å². The van der Waals surface area contributed by atoms with Crippen LogP contribution in [0.25, 0.3) is 0 Å². The van der Waals surface area contributed by atoms with Crippen LogP contribution in [0.5, 0.6) is 5.75 Å². The van der Waals surface area contributed by atoms with Gasteiger partial charge in [0, 0.05) is 20.0 Å². The smallest absolute Gasteiger partial charge is 0.261 e. The Morgan fingerprint density at radius 2 is 1.58 bits per heavy atom. The van der Waals surface area contributed by atoms with Gasteiger partial charge in [-0.1, -0.05) is 66.2 Å². The van der Waals surface area contributed by atoms with Crippen LogP contribution in [0.4, 0.5) is 0 Å². The van der Waals surface area contributed by atoms with Gasteiger partial charge in [0.05, 0.1) is 0 Å². The Bertz CT molecular complexity index is 1080. The molecule has 0 saturated heterocycles. The maximum absolute atomic E-state index is 13.4. The second kappa shape index (κ2) is 11.3. The minimum atomic E-state index is -0.658. The summed E-state index contributed by atoms with van der Waals surface area (Å²) in [4.78, 5) is 28.0. The zero-order valence-electron chi connectivity index (χ0n) is 19.8. The van der Waals surface area contributed by atoms with Crippen molar-refractivity contribution in [3.8, 4) is 5.75 Å². The molecule has 1 atom stereocenters. The van der Waals surface area contributed by atoms with Crippen molar-refractivity contribution in [3.05, 3.63) is 101 Å². The van der Waals surface area contributed by atoms with Crippen molar-refractivity contribution in [2.24, 2.45) is 0 Å². The molecule has 0 aliphatic rings. The monoisotopic (exact) mass is 444 g/mol. The largest absolute Gasteiger partial charge is 0.484 e. The van der Waals surface area contributed by atoms with Crippen molar-refractivity contribution in [1.82, 2.24) is 10.2 Å². The number of carbonyl (C=O) groups is 2. The van der Waals surface area contributed by atoms with Crippen molar-refractivity contribution in [1.29, 1.82) is 0 Å². The molecule has 33 heavy (non-hydrogen) atoms. The number of hydrogen-bond acceptors (Lipinski definition) is 3. The fourth-order valence-electron chi connectivity index (χ4n) is 3.64. The van der Waals surface area contributed by atoms with E-state index in [1.54, 1.807) is 11.9 Å². The Labute approximate surface area is 196 Å². The van der Waals surface area contributed by atoms with Gasteiger partial charge in [0.1, 0.15) is 11.8 Å². The van der Waals surface area contributed by atoms with Gasteiger partial charge in [-0.25, -0.2) is 0 Å². The van der Waals surface area contributed by atoms with Crippen LogP contribution in [0, 0.1) is 20.8 Å². The number of ether oxygens (including phenoxy) is 1. The molecular formula is C28H32N2O3. The number of likely N-dealkylation sites (N-methyl/N-ethyl adjacent to an activating group) is 1. The molecule has 2 amide bonds. The quantitative estimate of drug-likeness (QED) is 0.533. The van der Waals surface area contributed by atoms with Crippen LogP contribution in [0.1, 0.15) is 27.8 Å². The van der Waals surface area contributed by atoms with E-state index in [9.17, 15) is 9.59 Å². The first-order valence-corrected chi connectivity index (χ1v) is 11.2. The summed E-state index contributed by atoms with van der Waals surface area (Å²) in [6, 6.07) is 22.8. The van der Waals surface area contributed by atoms with Crippen LogP contribution in [-0.2, 0) is 22.6 Å². The summed E-state index contributed by atoms with van der Waals surface area (Å²) in [6.07, 6.45) is 0.418. The summed E-state index contributed by atoms with van der Waals surface area (Å²) in [5.74, 6) is 0.199. The molecule has 5 heteroatoms. The molecule has 0 radical (unpaired) electrons. The summed E-state index contributed by atoms with van der Waals surface area (Å²) in [7, 11) is 1.60. The van der Waals surface area contributed by atoms with Crippen LogP contribution in [0.15, 0.2) is 72.8 Å². The third-order valence-corrected chi connectivity index (χ3v) is 5.83. The Hall–Kier alpha value is -3.60. The maximum atomic E-state index is 13.4. The highest BCUT2D eigenvalue weighted by Gasteiger charge is 2.30. The lowest BCUT2D eigenvalue weighted by Gasteiger charge is -2.31. The highest BCUT2D eigenvalue weighted by atomic mass is 16.5. The zero-order valence-corrected chi connectivity index (χ0v) is 19.8. The molecule has 3 aromatic rings. The molecule has 3 rings (SSSR count). The van der Waals surface area contributed by atoms with Gasteiger partial charge in [0.2, 0.25) is 5.91 Å². The van der Waals surface area contributed by atoms with Crippen LogP contribution >= 0.6 is 0 Å². The molecule has 3 aromatic carbocycles. The fraction of sp³-hybridized carbons (Fsp3) is 0.286. The molecule has 0 aliphatic carbocycles. The van der Waals surface area contributed by atoms with E-state index in [1.807, 2.05) is 93.6 Å². The van der Waals surface area contributed by atoms with Crippen molar-refractivity contribution in [3.63, 3.8) is 0 Å². The Kier molecular flexibility index (Phi) is 8.25. The molecule has 0 heterocycles. The Morgan fingerprint density at radius 1 is 0.879 bits per heavy atom. The molecule has 0 bridgehead atoms. The number of aryl methyl sites for hydroxylation is 3. The molecule has 0 saturated carbocycles. The third-order valence-electron chi connectivity index (χ3n) is 5.83. The summed E-state index contributed by atoms with van der Waals surface area (Å²) in [5, 5.41) is 2.73. The van der Waals surface area contributed by atoms with E-state index in [0.717, 1.165) is 27.8 Å². The molecule has 0 spiro atoms. The first kappa shape index (κ1) is 24.1. The minimum absolute atomic E-state index is 0.142. The summed E-state index contributed by atoms with van der Waals surface area (Å²) in [6.45, 7) is 6.24. The predicted molar refractivity (Wildman–Crippen MR) is 131 cm³/mol. The number of rotatable bonds is 9. The summed E-state index contributed by atoms with van der Waals surface area (Å²) >= 11 is 0. The van der Waals surface area contributed by atoms with Gasteiger partial charge in [-0.2, -0.15) is 0 Å². The second-order valence-electron chi connectivity index (χ2n) is 8.36. The van der Waals surface area contributed by atoms with Gasteiger partial charge in [0.15, 0.2) is 6.61 Å². The number of nitrogens with one attached hydrogen (secondary N) is 1. The molecule has 0 unspecified atom stereocenters. The standard InChI is InChI=1S/C28H32N2O3/c1-20-10-13-24(14-11-20)18-30(26(28(32)29-4)17-23-8-6-5-7-9-23)27(31)19-33-25-15-12-21(2)22(3)16-25/h5-16,26H,17-19H2,1-4H3,(H,29,32)/t26-/m1/s1. The Morgan fingerprint density at radius 3 is 2.21 bits per heavy atom. The maximum Gasteiger partial charge on any atom is 0.261 e. The topological polar surface area (TPSA) is 58.6 Å². The molecule has 172 valence electrons. The van der Waals surface area contributed by atoms with Crippen LogP contribution < -0.4 is 10.1 Å². The fourth-order valence-corrected chi connectivity index (χ4v) is 3.64. The number of nitrogens with zero attached hydrogens (tertiary/aromatic N) is 1. The van der Waals surface area contributed by atoms with Gasteiger partial charge in [-0.05, 0) is 55.2 Å². The van der Waals surface area contributed by atoms with Crippen LogP contribution in [0.2, 0.25) is 0 Å². The van der Waals surface area contributed by atoms with Gasteiger partial charge in [0.25, 0.3) is 5.91 Å². The normalized spacial score (nSPS) is 11.5. The van der Waals surface area contributed by atoms with Crippen molar-refractivity contribution in [2.75, 3.05) is 13.7 Å². The van der Waals surface area contributed by atoms with Crippen molar-refractivity contribution in [2.45, 2.75) is 39.8 Å². The van der Waals surface area contributed by atoms with Gasteiger partial charge < -0.3 is 15.0 Å². The van der Waals surface area contributed by atoms with Gasteiger partial charge >= 0.3 is 0 Å². The molecule has 0 aliphatic heterocycles. The predicted octanol–water partition coefficient (Wildman–Crippen LogP) is 4.38. The van der Waals surface area contributed by atoms with Gasteiger partial charge in [-0.15, -0.1) is 0 Å². The van der Waals surface area contributed by atoms with Crippen molar-refractivity contribution >= 4 is 11.8 Å². The van der Waals surface area contributed by atoms with E-state index in [-0.39, 0.29) is 18.4 Å². The first-order valence-electron chi connectivity index (χ1n) is 11.2. The average molecular weight is 445 g/mol. The molecule has 0 fully saturated rings. The number of hydrogen-bond donors (Lipinski definition) is 1. The van der Waals surface area contributed by atoms with E-state index < -0.39 is 6.04 Å². The van der Waals surface area contributed by atoms with E-state index in [1.165, 1.54) is 0 Å². The lowest BCUT2D eigenvalue weighted by molar-refractivity contribution is -0.142. The molecule has 1 N–H and O–H groups in total. The summed E-state index contributed by atoms with van der Waals surface area (Å²) < 4.78 is 5.83. The minimum Gasteiger partial charge on any atom is -0.484 e. The zero-order chi connectivity index (χ0) is 23.8. The highest BCUT2D eigenvalue weighted by Crippen LogP contribution is 2.18. The number of carbonyl (C=O) groups excluding carboxylic acids is 2.